The Balaban J connectivity index is 2.12. The van der Waals surface area contributed by atoms with E-state index in [1.807, 2.05) is 13.8 Å². The van der Waals surface area contributed by atoms with Crippen molar-refractivity contribution in [2.45, 2.75) is 104 Å². The Morgan fingerprint density at radius 2 is 1.63 bits per heavy atom. The number of ether oxygens (including phenoxy) is 3. The summed E-state index contributed by atoms with van der Waals surface area (Å²) in [5.74, 6) is -0.861. The summed E-state index contributed by atoms with van der Waals surface area (Å²) in [4.78, 5) is 23.8. The van der Waals surface area contributed by atoms with Crippen LogP contribution in [0.15, 0.2) is 12.7 Å². The van der Waals surface area contributed by atoms with Gasteiger partial charge in [0.15, 0.2) is 0 Å². The van der Waals surface area contributed by atoms with E-state index in [0.29, 0.717) is 0 Å². The average Bonchev–Trinajstić information content (AvgIpc) is 2.61. The molecular weight excluding hydrogens is 384 g/mol. The van der Waals surface area contributed by atoms with Gasteiger partial charge in [0.2, 0.25) is 0 Å². The molecule has 0 amide bonds. The number of fused-ring (bicyclic) bond motifs is 3. The summed E-state index contributed by atoms with van der Waals surface area (Å²) in [7, 11) is 0. The minimum absolute atomic E-state index is 0.0717. The van der Waals surface area contributed by atoms with Gasteiger partial charge in [-0.05, 0) is 50.9 Å². The molecule has 3 aliphatic rings. The molecule has 0 aromatic rings. The van der Waals surface area contributed by atoms with Crippen molar-refractivity contribution in [2.75, 3.05) is 0 Å². The van der Waals surface area contributed by atoms with Crippen molar-refractivity contribution in [3.63, 3.8) is 0 Å². The lowest BCUT2D eigenvalue weighted by Gasteiger charge is -2.68. The smallest absolute Gasteiger partial charge is 0.303 e. The first-order valence-corrected chi connectivity index (χ1v) is 11.1. The van der Waals surface area contributed by atoms with Crippen molar-refractivity contribution >= 4 is 11.9 Å². The molecule has 0 aromatic heterocycles. The zero-order valence-electron chi connectivity index (χ0n) is 19.5. The van der Waals surface area contributed by atoms with E-state index in [0.717, 1.165) is 25.7 Å². The molecule has 0 unspecified atom stereocenters. The molecule has 8 atom stereocenters. The highest BCUT2D eigenvalue weighted by molar-refractivity contribution is 5.67. The van der Waals surface area contributed by atoms with Crippen LogP contribution in [0.25, 0.3) is 0 Å². The summed E-state index contributed by atoms with van der Waals surface area (Å²) < 4.78 is 18.1. The summed E-state index contributed by atoms with van der Waals surface area (Å²) in [5.41, 5.74) is -2.16. The van der Waals surface area contributed by atoms with Gasteiger partial charge in [-0.15, -0.1) is 6.58 Å². The molecule has 0 radical (unpaired) electrons. The third-order valence-corrected chi connectivity index (χ3v) is 8.43. The van der Waals surface area contributed by atoms with E-state index in [2.05, 4.69) is 27.4 Å². The Labute approximate surface area is 180 Å². The van der Waals surface area contributed by atoms with Crippen LogP contribution in [0.5, 0.6) is 0 Å². The van der Waals surface area contributed by atoms with Crippen molar-refractivity contribution in [1.82, 2.24) is 0 Å². The fourth-order valence-electron chi connectivity index (χ4n) is 7.19. The Kier molecular flexibility index (Phi) is 5.69. The first-order chi connectivity index (χ1) is 13.7. The minimum atomic E-state index is -1.00. The van der Waals surface area contributed by atoms with Gasteiger partial charge in [0, 0.05) is 25.2 Å². The number of rotatable bonds is 3. The predicted octanol–water partition coefficient (Wildman–Crippen LogP) is 3.80. The Hall–Kier alpha value is -1.40. The van der Waals surface area contributed by atoms with Crippen molar-refractivity contribution in [1.29, 1.82) is 0 Å². The second-order valence-electron chi connectivity index (χ2n) is 10.9. The lowest BCUT2D eigenvalue weighted by Crippen LogP contribution is -2.74. The maximum atomic E-state index is 12.1. The third kappa shape index (κ3) is 3.40. The third-order valence-electron chi connectivity index (χ3n) is 8.43. The van der Waals surface area contributed by atoms with Gasteiger partial charge < -0.3 is 19.3 Å². The monoisotopic (exact) mass is 422 g/mol. The van der Waals surface area contributed by atoms with Crippen LogP contribution >= 0.6 is 0 Å². The molecule has 6 nitrogen and oxygen atoms in total. The quantitative estimate of drug-likeness (QED) is 0.550. The number of esters is 2. The van der Waals surface area contributed by atoms with Crippen LogP contribution in [0.4, 0.5) is 0 Å². The number of hydrogen-bond donors (Lipinski definition) is 1. The zero-order chi connectivity index (χ0) is 22.7. The van der Waals surface area contributed by atoms with Gasteiger partial charge in [0.05, 0.1) is 11.2 Å². The van der Waals surface area contributed by atoms with Gasteiger partial charge in [-0.1, -0.05) is 26.8 Å². The fourth-order valence-corrected chi connectivity index (χ4v) is 7.19. The maximum absolute atomic E-state index is 12.1. The van der Waals surface area contributed by atoms with E-state index in [4.69, 9.17) is 14.2 Å². The molecule has 6 heteroatoms. The Bertz CT molecular complexity index is 731. The predicted molar refractivity (Wildman–Crippen MR) is 113 cm³/mol. The van der Waals surface area contributed by atoms with E-state index < -0.39 is 34.8 Å². The molecule has 0 aromatic carbocycles. The highest BCUT2D eigenvalue weighted by Gasteiger charge is 2.70. The average molecular weight is 423 g/mol. The van der Waals surface area contributed by atoms with Gasteiger partial charge in [0.1, 0.15) is 18.3 Å². The minimum Gasteiger partial charge on any atom is -0.462 e. The van der Waals surface area contributed by atoms with Crippen LogP contribution in [0.1, 0.15) is 74.1 Å². The van der Waals surface area contributed by atoms with Crippen LogP contribution in [0.2, 0.25) is 0 Å². The number of aliphatic hydroxyl groups is 1. The van der Waals surface area contributed by atoms with Crippen LogP contribution in [-0.2, 0) is 23.8 Å². The molecule has 2 aliphatic carbocycles. The topological polar surface area (TPSA) is 82.1 Å². The molecule has 3 rings (SSSR count). The Morgan fingerprint density at radius 1 is 1.03 bits per heavy atom. The second-order valence-corrected chi connectivity index (χ2v) is 10.9. The molecule has 170 valence electrons. The fraction of sp³-hybridized carbons (Fsp3) is 0.833. The van der Waals surface area contributed by atoms with E-state index in [-0.39, 0.29) is 29.3 Å². The number of aliphatic hydroxyl groups excluding tert-OH is 1. The highest BCUT2D eigenvalue weighted by Crippen LogP contribution is 2.66. The Morgan fingerprint density at radius 3 is 2.17 bits per heavy atom. The van der Waals surface area contributed by atoms with Crippen molar-refractivity contribution in [2.24, 2.45) is 22.7 Å². The van der Waals surface area contributed by atoms with E-state index in [1.54, 1.807) is 6.08 Å². The van der Waals surface area contributed by atoms with Crippen LogP contribution in [-0.4, -0.2) is 46.6 Å². The van der Waals surface area contributed by atoms with Gasteiger partial charge in [-0.2, -0.15) is 0 Å². The second kappa shape index (κ2) is 7.33. The number of carbonyl (C=O) groups excluding carboxylic acids is 2. The van der Waals surface area contributed by atoms with Crippen molar-refractivity contribution in [3.05, 3.63) is 12.7 Å². The molecule has 1 heterocycles. The standard InChI is InChI=1S/C24H38O6/c1-9-22(6)12-10-16-23(7)13-11-17(28-14(2)25)21(4,5)19(23)18(29-15(3)26)20(27)24(16,8)30-22/h9,16-20,27H,1,10-13H2,2-8H3/t16-,17+,18-,19+,20-,22+,23-,24+/m1/s1. The SMILES string of the molecule is C=C[C@@]1(C)CC[C@@H]2[C@@]3(C)CC[C@H](OC(C)=O)C(C)(C)[C@@H]3[C@@H](OC(C)=O)[C@@H](O)[C@@]2(C)O1. The summed E-state index contributed by atoms with van der Waals surface area (Å²) in [6.45, 7) is 17.0. The summed E-state index contributed by atoms with van der Waals surface area (Å²) in [5, 5.41) is 11.6. The summed E-state index contributed by atoms with van der Waals surface area (Å²) in [6, 6.07) is 0. The molecule has 3 fully saturated rings. The highest BCUT2D eigenvalue weighted by atomic mass is 16.6. The lowest BCUT2D eigenvalue weighted by atomic mass is 9.42. The molecular formula is C24H38O6. The zero-order valence-corrected chi connectivity index (χ0v) is 19.5. The number of carbonyl (C=O) groups is 2. The molecule has 30 heavy (non-hydrogen) atoms. The molecule has 2 saturated carbocycles. The molecule has 1 saturated heterocycles. The molecule has 0 spiro atoms. The van der Waals surface area contributed by atoms with Gasteiger partial charge >= 0.3 is 11.9 Å². The van der Waals surface area contributed by atoms with Gasteiger partial charge in [-0.3, -0.25) is 9.59 Å². The maximum Gasteiger partial charge on any atom is 0.303 e. The summed E-state index contributed by atoms with van der Waals surface area (Å²) in [6.07, 6.45) is 2.98. The van der Waals surface area contributed by atoms with Crippen LogP contribution in [0, 0.1) is 22.7 Å². The molecule has 0 bridgehead atoms. The van der Waals surface area contributed by atoms with Crippen LogP contribution < -0.4 is 0 Å². The molecule has 1 aliphatic heterocycles. The normalized spacial score (nSPS) is 47.4. The van der Waals surface area contributed by atoms with Crippen molar-refractivity contribution in [3.8, 4) is 0 Å². The van der Waals surface area contributed by atoms with Crippen LogP contribution in [0.3, 0.4) is 0 Å². The molecule has 1 N–H and O–H groups in total. The first-order valence-electron chi connectivity index (χ1n) is 11.1. The van der Waals surface area contributed by atoms with Gasteiger partial charge in [-0.25, -0.2) is 0 Å². The van der Waals surface area contributed by atoms with E-state index in [1.165, 1.54) is 13.8 Å². The summed E-state index contributed by atoms with van der Waals surface area (Å²) >= 11 is 0. The first kappa shape index (κ1) is 23.3. The van der Waals surface area contributed by atoms with E-state index in [9.17, 15) is 14.7 Å². The largest absolute Gasteiger partial charge is 0.462 e. The lowest BCUT2D eigenvalue weighted by molar-refractivity contribution is -0.327. The van der Waals surface area contributed by atoms with Gasteiger partial charge in [0.25, 0.3) is 0 Å². The van der Waals surface area contributed by atoms with E-state index >= 15 is 0 Å². The number of hydrogen-bond acceptors (Lipinski definition) is 6. The van der Waals surface area contributed by atoms with Crippen molar-refractivity contribution < 1.29 is 28.9 Å².